The number of aliphatic hydroxyl groups excluding tert-OH is 1. The number of nitrogens with one attached hydrogen (secondary N) is 2. The number of hydrogen-bond acceptors (Lipinski definition) is 4. The molecule has 0 unspecified atom stereocenters. The van der Waals surface area contributed by atoms with Crippen LogP contribution in [0.15, 0.2) is 29.2 Å². The molecule has 1 aromatic heterocycles. The van der Waals surface area contributed by atoms with Gasteiger partial charge in [-0.1, -0.05) is 31.5 Å². The fourth-order valence-corrected chi connectivity index (χ4v) is 3.70. The van der Waals surface area contributed by atoms with Gasteiger partial charge in [-0.15, -0.1) is 0 Å². The Hall–Kier alpha value is -1.86. The summed E-state index contributed by atoms with van der Waals surface area (Å²) in [4.78, 5) is 0.0105. The van der Waals surface area contributed by atoms with Crippen LogP contribution in [0.1, 0.15) is 30.3 Å². The Labute approximate surface area is 124 Å². The Kier molecular flexibility index (Phi) is 4.64. The summed E-state index contributed by atoms with van der Waals surface area (Å²) in [6, 6.07) is 7.30. The summed E-state index contributed by atoms with van der Waals surface area (Å²) in [5, 5.41) is 15.6. The minimum atomic E-state index is -3.79. The summed E-state index contributed by atoms with van der Waals surface area (Å²) in [6.07, 6.45) is 1.71. The van der Waals surface area contributed by atoms with Crippen molar-refractivity contribution in [2.24, 2.45) is 0 Å². The monoisotopic (exact) mass is 309 g/mol. The van der Waals surface area contributed by atoms with Crippen molar-refractivity contribution in [1.29, 1.82) is 0 Å². The van der Waals surface area contributed by atoms with Crippen LogP contribution in [0, 0.1) is 6.92 Å². The number of aromatic nitrogens is 2. The van der Waals surface area contributed by atoms with Crippen LogP contribution in [-0.4, -0.2) is 23.7 Å². The SMILES string of the molecule is CCCc1ccccc1NS(=O)(=O)c1c(CO)n[nH]c1C. The van der Waals surface area contributed by atoms with E-state index in [1.165, 1.54) is 0 Å². The first-order chi connectivity index (χ1) is 9.99. The van der Waals surface area contributed by atoms with Crippen molar-refractivity contribution in [3.05, 3.63) is 41.2 Å². The van der Waals surface area contributed by atoms with E-state index in [1.807, 2.05) is 19.1 Å². The van der Waals surface area contributed by atoms with Gasteiger partial charge >= 0.3 is 0 Å². The van der Waals surface area contributed by atoms with E-state index in [4.69, 9.17) is 0 Å². The fraction of sp³-hybridized carbons (Fsp3) is 0.357. The Morgan fingerprint density at radius 2 is 2.05 bits per heavy atom. The smallest absolute Gasteiger partial charge is 0.265 e. The first-order valence-electron chi connectivity index (χ1n) is 6.75. The number of aromatic amines is 1. The lowest BCUT2D eigenvalue weighted by Gasteiger charge is -2.12. The minimum Gasteiger partial charge on any atom is -0.390 e. The average molecular weight is 309 g/mol. The predicted octanol–water partition coefficient (Wildman–Crippen LogP) is 1.96. The van der Waals surface area contributed by atoms with Gasteiger partial charge < -0.3 is 5.11 Å². The standard InChI is InChI=1S/C14H19N3O3S/c1-3-6-11-7-4-5-8-12(11)17-21(19,20)14-10(2)15-16-13(14)9-18/h4-5,7-8,17-18H,3,6,9H2,1-2H3,(H,15,16). The highest BCUT2D eigenvalue weighted by Crippen LogP contribution is 2.24. The van der Waals surface area contributed by atoms with Crippen molar-refractivity contribution >= 4 is 15.7 Å². The first-order valence-corrected chi connectivity index (χ1v) is 8.23. The van der Waals surface area contributed by atoms with Gasteiger partial charge in [-0.25, -0.2) is 8.42 Å². The molecular weight excluding hydrogens is 290 g/mol. The quantitative estimate of drug-likeness (QED) is 0.760. The van der Waals surface area contributed by atoms with Crippen LogP contribution in [0.4, 0.5) is 5.69 Å². The molecule has 0 radical (unpaired) electrons. The number of para-hydroxylation sites is 1. The highest BCUT2D eigenvalue weighted by Gasteiger charge is 2.24. The second kappa shape index (κ2) is 6.28. The first kappa shape index (κ1) is 15.5. The van der Waals surface area contributed by atoms with E-state index in [0.717, 1.165) is 18.4 Å². The molecule has 3 N–H and O–H groups in total. The molecule has 7 heteroatoms. The number of benzene rings is 1. The van der Waals surface area contributed by atoms with Gasteiger partial charge in [0.25, 0.3) is 10.0 Å². The summed E-state index contributed by atoms with van der Waals surface area (Å²) >= 11 is 0. The summed E-state index contributed by atoms with van der Waals surface area (Å²) in [5.74, 6) is 0. The van der Waals surface area contributed by atoms with E-state index < -0.39 is 16.6 Å². The second-order valence-electron chi connectivity index (χ2n) is 4.80. The van der Waals surface area contributed by atoms with Crippen LogP contribution < -0.4 is 4.72 Å². The van der Waals surface area contributed by atoms with Gasteiger partial charge in [-0.05, 0) is 25.0 Å². The lowest BCUT2D eigenvalue weighted by molar-refractivity contribution is 0.273. The minimum absolute atomic E-state index is 0.0105. The van der Waals surface area contributed by atoms with Crippen LogP contribution in [0.3, 0.4) is 0 Å². The number of hydrogen-bond donors (Lipinski definition) is 3. The molecule has 0 spiro atoms. The number of aryl methyl sites for hydroxylation is 2. The molecule has 0 amide bonds. The number of H-pyrrole nitrogens is 1. The van der Waals surface area contributed by atoms with E-state index in [-0.39, 0.29) is 10.6 Å². The molecule has 1 aromatic carbocycles. The molecule has 0 atom stereocenters. The maximum absolute atomic E-state index is 12.5. The van der Waals surface area contributed by atoms with Gasteiger partial charge in [-0.3, -0.25) is 9.82 Å². The zero-order valence-electron chi connectivity index (χ0n) is 12.0. The van der Waals surface area contributed by atoms with Crippen molar-refractivity contribution in [2.45, 2.75) is 38.2 Å². The maximum Gasteiger partial charge on any atom is 0.265 e. The summed E-state index contributed by atoms with van der Waals surface area (Å²) < 4.78 is 27.7. The molecule has 114 valence electrons. The summed E-state index contributed by atoms with van der Waals surface area (Å²) in [7, 11) is -3.79. The number of aliphatic hydroxyl groups is 1. The number of anilines is 1. The van der Waals surface area contributed by atoms with Gasteiger partial charge in [0, 0.05) is 0 Å². The number of rotatable bonds is 6. The Balaban J connectivity index is 2.40. The third-order valence-electron chi connectivity index (χ3n) is 3.16. The lowest BCUT2D eigenvalue weighted by Crippen LogP contribution is -2.16. The van der Waals surface area contributed by atoms with Crippen molar-refractivity contribution in [1.82, 2.24) is 10.2 Å². The summed E-state index contributed by atoms with van der Waals surface area (Å²) in [5.41, 5.74) is 2.02. The molecule has 0 fully saturated rings. The van der Waals surface area contributed by atoms with Crippen molar-refractivity contribution in [3.8, 4) is 0 Å². The molecule has 0 saturated heterocycles. The highest BCUT2D eigenvalue weighted by atomic mass is 32.2. The van der Waals surface area contributed by atoms with Gasteiger partial charge in [0.15, 0.2) is 0 Å². The molecule has 0 bridgehead atoms. The molecule has 0 saturated carbocycles. The fourth-order valence-electron chi connectivity index (χ4n) is 2.24. The van der Waals surface area contributed by atoms with Crippen molar-refractivity contribution < 1.29 is 13.5 Å². The molecule has 2 rings (SSSR count). The van der Waals surface area contributed by atoms with E-state index in [2.05, 4.69) is 14.9 Å². The van der Waals surface area contributed by atoms with Gasteiger partial charge in [0.1, 0.15) is 10.6 Å². The molecule has 2 aromatic rings. The second-order valence-corrected chi connectivity index (χ2v) is 6.41. The third-order valence-corrected chi connectivity index (χ3v) is 4.73. The number of sulfonamides is 1. The normalized spacial score (nSPS) is 11.6. The van der Waals surface area contributed by atoms with E-state index >= 15 is 0 Å². The molecule has 21 heavy (non-hydrogen) atoms. The van der Waals surface area contributed by atoms with Gasteiger partial charge in [-0.2, -0.15) is 5.10 Å². The summed E-state index contributed by atoms with van der Waals surface area (Å²) in [6.45, 7) is 3.21. The van der Waals surface area contributed by atoms with Crippen molar-refractivity contribution in [2.75, 3.05) is 4.72 Å². The molecule has 0 aliphatic rings. The van der Waals surface area contributed by atoms with Crippen LogP contribution >= 0.6 is 0 Å². The van der Waals surface area contributed by atoms with Crippen LogP contribution in [0.5, 0.6) is 0 Å². The topological polar surface area (TPSA) is 95.1 Å². The van der Waals surface area contributed by atoms with Crippen LogP contribution in [0.25, 0.3) is 0 Å². The molecule has 6 nitrogen and oxygen atoms in total. The Morgan fingerprint density at radius 3 is 2.71 bits per heavy atom. The van der Waals surface area contributed by atoms with Crippen molar-refractivity contribution in [3.63, 3.8) is 0 Å². The molecular formula is C14H19N3O3S. The molecule has 0 aliphatic heterocycles. The Bertz CT molecular complexity index is 723. The maximum atomic E-state index is 12.5. The van der Waals surface area contributed by atoms with E-state index in [1.54, 1.807) is 19.1 Å². The number of nitrogens with zero attached hydrogens (tertiary/aromatic N) is 1. The predicted molar refractivity (Wildman–Crippen MR) is 80.5 cm³/mol. The highest BCUT2D eigenvalue weighted by molar-refractivity contribution is 7.92. The van der Waals surface area contributed by atoms with Crippen LogP contribution in [-0.2, 0) is 23.1 Å². The zero-order valence-corrected chi connectivity index (χ0v) is 12.9. The lowest BCUT2D eigenvalue weighted by atomic mass is 10.1. The van der Waals surface area contributed by atoms with Gasteiger partial charge in [0.2, 0.25) is 0 Å². The Morgan fingerprint density at radius 1 is 1.33 bits per heavy atom. The molecule has 1 heterocycles. The molecule has 0 aliphatic carbocycles. The largest absolute Gasteiger partial charge is 0.390 e. The van der Waals surface area contributed by atoms with Gasteiger partial charge in [0.05, 0.1) is 18.0 Å². The zero-order chi connectivity index (χ0) is 15.5. The van der Waals surface area contributed by atoms with E-state index in [9.17, 15) is 13.5 Å². The third kappa shape index (κ3) is 3.25. The van der Waals surface area contributed by atoms with E-state index in [0.29, 0.717) is 11.4 Å². The van der Waals surface area contributed by atoms with Crippen LogP contribution in [0.2, 0.25) is 0 Å². The average Bonchev–Trinajstić information content (AvgIpc) is 2.83.